The van der Waals surface area contributed by atoms with E-state index in [1.807, 2.05) is 36.4 Å². The SMILES string of the molecule is CC(C)CCOC(=O)c1ccc2cc(-c3ccc(O)cc3)ccc2c1. The molecule has 3 nitrogen and oxygen atoms in total. The fourth-order valence-electron chi connectivity index (χ4n) is 2.68. The molecule has 3 heteroatoms. The zero-order valence-corrected chi connectivity index (χ0v) is 14.5. The summed E-state index contributed by atoms with van der Waals surface area (Å²) in [5.41, 5.74) is 2.69. The molecule has 0 spiro atoms. The third-order valence-electron chi connectivity index (χ3n) is 4.20. The Balaban J connectivity index is 1.81. The van der Waals surface area contributed by atoms with Gasteiger partial charge in [-0.05, 0) is 64.6 Å². The van der Waals surface area contributed by atoms with Gasteiger partial charge in [-0.15, -0.1) is 0 Å². The minimum absolute atomic E-state index is 0.255. The van der Waals surface area contributed by atoms with Crippen molar-refractivity contribution >= 4 is 16.7 Å². The molecule has 0 aliphatic rings. The number of benzene rings is 3. The van der Waals surface area contributed by atoms with Crippen LogP contribution in [0.3, 0.4) is 0 Å². The number of carbonyl (C=O) groups is 1. The highest BCUT2D eigenvalue weighted by molar-refractivity contribution is 5.96. The van der Waals surface area contributed by atoms with Gasteiger partial charge in [0.1, 0.15) is 5.75 Å². The maximum absolute atomic E-state index is 12.1. The number of rotatable bonds is 5. The Morgan fingerprint density at radius 2 is 1.56 bits per heavy atom. The van der Waals surface area contributed by atoms with Crippen molar-refractivity contribution in [3.8, 4) is 16.9 Å². The van der Waals surface area contributed by atoms with Crippen LogP contribution in [0.15, 0.2) is 60.7 Å². The van der Waals surface area contributed by atoms with Gasteiger partial charge >= 0.3 is 5.97 Å². The van der Waals surface area contributed by atoms with Gasteiger partial charge in [0.05, 0.1) is 12.2 Å². The molecule has 0 saturated heterocycles. The van der Waals surface area contributed by atoms with Gasteiger partial charge in [0.15, 0.2) is 0 Å². The summed E-state index contributed by atoms with van der Waals surface area (Å²) in [6.45, 7) is 4.67. The number of phenolic OH excluding ortho intramolecular Hbond substituents is 1. The first-order chi connectivity index (χ1) is 12.0. The van der Waals surface area contributed by atoms with Crippen LogP contribution in [0, 0.1) is 5.92 Å². The lowest BCUT2D eigenvalue weighted by molar-refractivity contribution is 0.0488. The quantitative estimate of drug-likeness (QED) is 0.634. The molecule has 0 aliphatic carbocycles. The summed E-state index contributed by atoms with van der Waals surface area (Å²) < 4.78 is 5.33. The lowest BCUT2D eigenvalue weighted by Crippen LogP contribution is -2.08. The normalized spacial score (nSPS) is 11.0. The Bertz CT molecular complexity index is 879. The van der Waals surface area contributed by atoms with E-state index in [0.29, 0.717) is 18.1 Å². The van der Waals surface area contributed by atoms with Gasteiger partial charge in [-0.2, -0.15) is 0 Å². The lowest BCUT2D eigenvalue weighted by Gasteiger charge is -2.08. The molecule has 0 bridgehead atoms. The van der Waals surface area contributed by atoms with Gasteiger partial charge in [0.2, 0.25) is 0 Å². The summed E-state index contributed by atoms with van der Waals surface area (Å²) in [7, 11) is 0. The van der Waals surface area contributed by atoms with E-state index in [0.717, 1.165) is 28.3 Å². The van der Waals surface area contributed by atoms with Crippen LogP contribution in [0.5, 0.6) is 5.75 Å². The van der Waals surface area contributed by atoms with Crippen LogP contribution in [0.2, 0.25) is 0 Å². The number of aromatic hydroxyl groups is 1. The van der Waals surface area contributed by atoms with Gasteiger partial charge in [0, 0.05) is 0 Å². The first-order valence-corrected chi connectivity index (χ1v) is 8.53. The predicted octanol–water partition coefficient (Wildman–Crippen LogP) is 5.42. The second-order valence-corrected chi connectivity index (χ2v) is 6.64. The van der Waals surface area contributed by atoms with Crippen LogP contribution in [-0.4, -0.2) is 17.7 Å². The van der Waals surface area contributed by atoms with E-state index in [1.54, 1.807) is 18.2 Å². The molecular formula is C22H22O3. The summed E-state index contributed by atoms with van der Waals surface area (Å²) in [6.07, 6.45) is 0.870. The number of carbonyl (C=O) groups excluding carboxylic acids is 1. The average Bonchev–Trinajstić information content (AvgIpc) is 2.61. The van der Waals surface area contributed by atoms with E-state index in [2.05, 4.69) is 19.9 Å². The van der Waals surface area contributed by atoms with Crippen LogP contribution >= 0.6 is 0 Å². The molecule has 0 aromatic heterocycles. The van der Waals surface area contributed by atoms with Crippen molar-refractivity contribution in [2.24, 2.45) is 5.92 Å². The fourth-order valence-corrected chi connectivity index (χ4v) is 2.68. The summed E-state index contributed by atoms with van der Waals surface area (Å²) in [5, 5.41) is 11.5. The van der Waals surface area contributed by atoms with Gasteiger partial charge in [-0.3, -0.25) is 0 Å². The molecule has 0 saturated carbocycles. The second-order valence-electron chi connectivity index (χ2n) is 6.64. The van der Waals surface area contributed by atoms with Crippen molar-refractivity contribution in [1.82, 2.24) is 0 Å². The Hall–Kier alpha value is -2.81. The molecule has 0 heterocycles. The number of phenols is 1. The van der Waals surface area contributed by atoms with E-state index < -0.39 is 0 Å². The molecule has 0 fully saturated rings. The molecule has 0 aliphatic heterocycles. The van der Waals surface area contributed by atoms with Crippen molar-refractivity contribution in [2.75, 3.05) is 6.61 Å². The van der Waals surface area contributed by atoms with Crippen LogP contribution in [0.25, 0.3) is 21.9 Å². The maximum Gasteiger partial charge on any atom is 0.338 e. The highest BCUT2D eigenvalue weighted by Gasteiger charge is 2.09. The van der Waals surface area contributed by atoms with E-state index in [4.69, 9.17) is 4.74 Å². The number of esters is 1. The molecule has 3 aromatic rings. The molecule has 0 atom stereocenters. The number of hydrogen-bond donors (Lipinski definition) is 1. The molecule has 128 valence electrons. The van der Waals surface area contributed by atoms with Crippen molar-refractivity contribution in [2.45, 2.75) is 20.3 Å². The number of ether oxygens (including phenoxy) is 1. The second kappa shape index (κ2) is 7.39. The lowest BCUT2D eigenvalue weighted by atomic mass is 10.00. The highest BCUT2D eigenvalue weighted by atomic mass is 16.5. The first kappa shape index (κ1) is 17.0. The van der Waals surface area contributed by atoms with Crippen LogP contribution in [0.4, 0.5) is 0 Å². The average molecular weight is 334 g/mol. The van der Waals surface area contributed by atoms with Gasteiger partial charge < -0.3 is 9.84 Å². The molecule has 25 heavy (non-hydrogen) atoms. The Morgan fingerprint density at radius 1 is 0.920 bits per heavy atom. The standard InChI is InChI=1S/C22H22O3/c1-15(2)11-12-25-22(24)20-6-5-18-13-17(3-4-19(18)14-20)16-7-9-21(23)10-8-16/h3-10,13-15,23H,11-12H2,1-2H3. The van der Waals surface area contributed by atoms with E-state index in [1.165, 1.54) is 0 Å². The Kier molecular flexibility index (Phi) is 5.03. The smallest absolute Gasteiger partial charge is 0.338 e. The summed E-state index contributed by atoms with van der Waals surface area (Å²) >= 11 is 0. The number of hydrogen-bond acceptors (Lipinski definition) is 3. The molecule has 0 radical (unpaired) electrons. The fraction of sp³-hybridized carbons (Fsp3) is 0.227. The molecule has 3 aromatic carbocycles. The third kappa shape index (κ3) is 4.18. The zero-order valence-electron chi connectivity index (χ0n) is 14.5. The van der Waals surface area contributed by atoms with Gasteiger partial charge in [0.25, 0.3) is 0 Å². The van der Waals surface area contributed by atoms with Crippen molar-refractivity contribution in [3.63, 3.8) is 0 Å². The zero-order chi connectivity index (χ0) is 17.8. The minimum atomic E-state index is -0.273. The summed E-state index contributed by atoms with van der Waals surface area (Å²) in [4.78, 5) is 12.1. The predicted molar refractivity (Wildman–Crippen MR) is 101 cm³/mol. The first-order valence-electron chi connectivity index (χ1n) is 8.53. The maximum atomic E-state index is 12.1. The van der Waals surface area contributed by atoms with Gasteiger partial charge in [-0.1, -0.05) is 44.2 Å². The highest BCUT2D eigenvalue weighted by Crippen LogP contribution is 2.26. The molecule has 0 unspecified atom stereocenters. The summed E-state index contributed by atoms with van der Waals surface area (Å²) in [5.74, 6) is 0.498. The van der Waals surface area contributed by atoms with Crippen LogP contribution in [0.1, 0.15) is 30.6 Å². The monoisotopic (exact) mass is 334 g/mol. The van der Waals surface area contributed by atoms with Crippen molar-refractivity contribution < 1.29 is 14.6 Å². The van der Waals surface area contributed by atoms with Gasteiger partial charge in [-0.25, -0.2) is 4.79 Å². The molecular weight excluding hydrogens is 312 g/mol. The van der Waals surface area contributed by atoms with Crippen molar-refractivity contribution in [3.05, 3.63) is 66.2 Å². The minimum Gasteiger partial charge on any atom is -0.508 e. The van der Waals surface area contributed by atoms with E-state index in [-0.39, 0.29) is 11.7 Å². The third-order valence-corrected chi connectivity index (χ3v) is 4.20. The number of fused-ring (bicyclic) bond motifs is 1. The Morgan fingerprint density at radius 3 is 2.28 bits per heavy atom. The topological polar surface area (TPSA) is 46.5 Å². The van der Waals surface area contributed by atoms with Crippen molar-refractivity contribution in [1.29, 1.82) is 0 Å². The molecule has 3 rings (SSSR count). The van der Waals surface area contributed by atoms with E-state index in [9.17, 15) is 9.90 Å². The largest absolute Gasteiger partial charge is 0.508 e. The van der Waals surface area contributed by atoms with Crippen LogP contribution in [-0.2, 0) is 4.74 Å². The molecule has 0 amide bonds. The summed E-state index contributed by atoms with van der Waals surface area (Å²) in [6, 6.07) is 18.8. The molecule has 1 N–H and O–H groups in total. The van der Waals surface area contributed by atoms with Crippen LogP contribution < -0.4 is 0 Å². The Labute approximate surface area is 147 Å². The van der Waals surface area contributed by atoms with E-state index >= 15 is 0 Å².